The van der Waals surface area contributed by atoms with E-state index in [1.165, 1.54) is 6.07 Å². The SMILES string of the molecule is Cc1cc(-c2cc3c(=O)cc(C#N)[nH]c3nc2-c2ccccc2)cc(Cl)n1. The largest absolute Gasteiger partial charge is 0.331 e. The number of hydrogen-bond acceptors (Lipinski definition) is 4. The molecule has 4 rings (SSSR count). The van der Waals surface area contributed by atoms with E-state index in [4.69, 9.17) is 16.9 Å². The molecule has 0 aliphatic heterocycles. The molecule has 0 radical (unpaired) electrons. The normalized spacial score (nSPS) is 10.7. The van der Waals surface area contributed by atoms with Gasteiger partial charge in [-0.25, -0.2) is 9.97 Å². The number of rotatable bonds is 2. The lowest BCUT2D eigenvalue weighted by Crippen LogP contribution is -2.06. The first-order valence-corrected chi connectivity index (χ1v) is 8.61. The topological polar surface area (TPSA) is 82.4 Å². The maximum absolute atomic E-state index is 12.5. The monoisotopic (exact) mass is 372 g/mol. The Kier molecular flexibility index (Phi) is 4.19. The van der Waals surface area contributed by atoms with E-state index in [-0.39, 0.29) is 11.1 Å². The van der Waals surface area contributed by atoms with Crippen molar-refractivity contribution in [3.63, 3.8) is 0 Å². The van der Waals surface area contributed by atoms with Crippen molar-refractivity contribution in [2.24, 2.45) is 0 Å². The van der Waals surface area contributed by atoms with Crippen LogP contribution < -0.4 is 5.43 Å². The third-order valence-corrected chi connectivity index (χ3v) is 4.41. The lowest BCUT2D eigenvalue weighted by Gasteiger charge is -2.12. The molecule has 1 aromatic carbocycles. The molecule has 0 unspecified atom stereocenters. The van der Waals surface area contributed by atoms with Gasteiger partial charge in [-0.15, -0.1) is 0 Å². The number of nitrogens with zero attached hydrogens (tertiary/aromatic N) is 3. The average molecular weight is 373 g/mol. The lowest BCUT2D eigenvalue weighted by molar-refractivity contribution is 1.20. The molecular weight excluding hydrogens is 360 g/mol. The van der Waals surface area contributed by atoms with Crippen LogP contribution in [0, 0.1) is 18.3 Å². The average Bonchev–Trinajstić information content (AvgIpc) is 2.67. The van der Waals surface area contributed by atoms with Crippen LogP contribution in [-0.2, 0) is 0 Å². The Bertz CT molecular complexity index is 1250. The molecule has 130 valence electrons. The molecule has 0 saturated heterocycles. The van der Waals surface area contributed by atoms with Gasteiger partial charge < -0.3 is 4.98 Å². The minimum absolute atomic E-state index is 0.176. The molecule has 0 amide bonds. The summed E-state index contributed by atoms with van der Waals surface area (Å²) < 4.78 is 0. The molecule has 4 aromatic rings. The van der Waals surface area contributed by atoms with Crippen LogP contribution in [0.4, 0.5) is 0 Å². The zero-order valence-corrected chi connectivity index (χ0v) is 15.1. The molecule has 3 heterocycles. The summed E-state index contributed by atoms with van der Waals surface area (Å²) in [6.45, 7) is 1.86. The fraction of sp³-hybridized carbons (Fsp3) is 0.0476. The maximum atomic E-state index is 12.5. The Morgan fingerprint density at radius 3 is 2.52 bits per heavy atom. The van der Waals surface area contributed by atoms with E-state index >= 15 is 0 Å². The number of nitriles is 1. The summed E-state index contributed by atoms with van der Waals surface area (Å²) in [4.78, 5) is 24.3. The Morgan fingerprint density at radius 1 is 1.04 bits per heavy atom. The van der Waals surface area contributed by atoms with Crippen molar-refractivity contribution in [2.45, 2.75) is 6.92 Å². The van der Waals surface area contributed by atoms with Crippen molar-refractivity contribution in [3.05, 3.63) is 81.4 Å². The number of aromatic amines is 1. The van der Waals surface area contributed by atoms with E-state index < -0.39 is 0 Å². The number of benzene rings is 1. The number of aromatic nitrogens is 3. The Morgan fingerprint density at radius 2 is 1.81 bits per heavy atom. The van der Waals surface area contributed by atoms with Crippen LogP contribution in [0.2, 0.25) is 5.15 Å². The minimum atomic E-state index is -0.259. The van der Waals surface area contributed by atoms with E-state index in [0.717, 1.165) is 22.4 Å². The predicted molar refractivity (Wildman–Crippen MR) is 105 cm³/mol. The third kappa shape index (κ3) is 3.19. The number of fused-ring (bicyclic) bond motifs is 1. The number of hydrogen-bond donors (Lipinski definition) is 1. The Hall–Kier alpha value is -3.49. The van der Waals surface area contributed by atoms with Crippen molar-refractivity contribution in [1.82, 2.24) is 15.0 Å². The van der Waals surface area contributed by atoms with Gasteiger partial charge in [0.25, 0.3) is 0 Å². The fourth-order valence-corrected chi connectivity index (χ4v) is 3.30. The van der Waals surface area contributed by atoms with Crippen LogP contribution in [0.3, 0.4) is 0 Å². The molecule has 0 bridgehead atoms. The summed E-state index contributed by atoms with van der Waals surface area (Å²) >= 11 is 6.15. The molecule has 1 N–H and O–H groups in total. The fourth-order valence-electron chi connectivity index (χ4n) is 3.05. The molecule has 3 aromatic heterocycles. The van der Waals surface area contributed by atoms with Crippen LogP contribution in [-0.4, -0.2) is 15.0 Å². The van der Waals surface area contributed by atoms with Gasteiger partial charge in [-0.3, -0.25) is 4.79 Å². The molecule has 27 heavy (non-hydrogen) atoms. The first-order chi connectivity index (χ1) is 13.0. The summed E-state index contributed by atoms with van der Waals surface area (Å²) in [7, 11) is 0. The summed E-state index contributed by atoms with van der Waals surface area (Å²) in [5.74, 6) is 0. The molecule has 0 aliphatic carbocycles. The van der Waals surface area contributed by atoms with Crippen LogP contribution >= 0.6 is 11.6 Å². The molecule has 0 spiro atoms. The maximum Gasteiger partial charge on any atom is 0.192 e. The summed E-state index contributed by atoms with van der Waals surface area (Å²) in [6, 6.07) is 18.3. The van der Waals surface area contributed by atoms with Crippen LogP contribution in [0.5, 0.6) is 0 Å². The highest BCUT2D eigenvalue weighted by Crippen LogP contribution is 2.33. The quantitative estimate of drug-likeness (QED) is 0.526. The standard InChI is InChI=1S/C21H13ClN4O/c1-12-7-14(8-19(22)24-12)16-10-17-18(27)9-15(11-23)25-21(17)26-20(16)13-5-3-2-4-6-13/h2-10H,1H3,(H,25,26,27). The smallest absolute Gasteiger partial charge is 0.192 e. The van der Waals surface area contributed by atoms with E-state index in [9.17, 15) is 4.79 Å². The number of H-pyrrole nitrogens is 1. The highest BCUT2D eigenvalue weighted by atomic mass is 35.5. The second kappa shape index (κ2) is 6.67. The summed E-state index contributed by atoms with van der Waals surface area (Å²) in [6.07, 6.45) is 0. The lowest BCUT2D eigenvalue weighted by atomic mass is 9.98. The molecule has 0 fully saturated rings. The van der Waals surface area contributed by atoms with Gasteiger partial charge in [0.1, 0.15) is 22.6 Å². The number of nitrogens with one attached hydrogen (secondary N) is 1. The van der Waals surface area contributed by atoms with Gasteiger partial charge in [0.05, 0.1) is 11.1 Å². The summed E-state index contributed by atoms with van der Waals surface area (Å²) in [5.41, 5.74) is 4.24. The zero-order valence-electron chi connectivity index (χ0n) is 14.3. The van der Waals surface area contributed by atoms with Gasteiger partial charge in [0.15, 0.2) is 5.43 Å². The molecular formula is C21H13ClN4O. The zero-order chi connectivity index (χ0) is 19.0. The van der Waals surface area contributed by atoms with Gasteiger partial charge >= 0.3 is 0 Å². The van der Waals surface area contributed by atoms with Gasteiger partial charge in [-0.2, -0.15) is 5.26 Å². The van der Waals surface area contributed by atoms with Crippen molar-refractivity contribution in [3.8, 4) is 28.5 Å². The molecule has 6 heteroatoms. The second-order valence-electron chi connectivity index (χ2n) is 6.13. The second-order valence-corrected chi connectivity index (χ2v) is 6.51. The molecule has 0 saturated carbocycles. The molecule has 5 nitrogen and oxygen atoms in total. The Balaban J connectivity index is 2.11. The number of halogens is 1. The van der Waals surface area contributed by atoms with Gasteiger partial charge in [0.2, 0.25) is 0 Å². The van der Waals surface area contributed by atoms with E-state index in [2.05, 4.69) is 15.0 Å². The van der Waals surface area contributed by atoms with Crippen molar-refractivity contribution in [1.29, 1.82) is 5.26 Å². The molecule has 0 atom stereocenters. The van der Waals surface area contributed by atoms with Crippen molar-refractivity contribution < 1.29 is 0 Å². The van der Waals surface area contributed by atoms with Crippen LogP contribution in [0.1, 0.15) is 11.4 Å². The predicted octanol–water partition coefficient (Wildman–Crippen LogP) is 4.49. The first kappa shape index (κ1) is 17.0. The highest BCUT2D eigenvalue weighted by molar-refractivity contribution is 6.29. The highest BCUT2D eigenvalue weighted by Gasteiger charge is 2.15. The van der Waals surface area contributed by atoms with E-state index in [0.29, 0.717) is 21.9 Å². The van der Waals surface area contributed by atoms with Crippen molar-refractivity contribution >= 4 is 22.6 Å². The molecule has 0 aliphatic rings. The first-order valence-electron chi connectivity index (χ1n) is 8.23. The van der Waals surface area contributed by atoms with Gasteiger partial charge in [0, 0.05) is 22.9 Å². The summed E-state index contributed by atoms with van der Waals surface area (Å²) in [5, 5.41) is 9.92. The number of aryl methyl sites for hydroxylation is 1. The van der Waals surface area contributed by atoms with E-state index in [1.54, 1.807) is 12.1 Å². The van der Waals surface area contributed by atoms with Gasteiger partial charge in [-0.05, 0) is 30.7 Å². The van der Waals surface area contributed by atoms with Gasteiger partial charge in [-0.1, -0.05) is 41.9 Å². The van der Waals surface area contributed by atoms with Crippen molar-refractivity contribution in [2.75, 3.05) is 0 Å². The van der Waals surface area contributed by atoms with Crippen LogP contribution in [0.25, 0.3) is 33.4 Å². The minimum Gasteiger partial charge on any atom is -0.331 e. The Labute approximate surface area is 159 Å². The van der Waals surface area contributed by atoms with Crippen LogP contribution in [0.15, 0.2) is 59.4 Å². The third-order valence-electron chi connectivity index (χ3n) is 4.22. The number of pyridine rings is 3. The van der Waals surface area contributed by atoms with E-state index in [1.807, 2.05) is 49.4 Å².